The predicted octanol–water partition coefficient (Wildman–Crippen LogP) is 4.72. The predicted molar refractivity (Wildman–Crippen MR) is 102 cm³/mol. The van der Waals surface area contributed by atoms with Crippen molar-refractivity contribution < 1.29 is 8.42 Å². The fourth-order valence-corrected chi connectivity index (χ4v) is 3.75. The molecule has 0 saturated heterocycles. The maximum atomic E-state index is 12.7. The molecule has 1 aromatic heterocycles. The molecule has 0 spiro atoms. The van der Waals surface area contributed by atoms with Crippen LogP contribution in [0.25, 0.3) is 10.9 Å². The minimum absolute atomic E-state index is 0.0231. The molecule has 0 fully saturated rings. The number of para-hydroxylation sites is 1. The van der Waals surface area contributed by atoms with Crippen molar-refractivity contribution in [3.8, 4) is 0 Å². The average Bonchev–Trinajstić information content (AvgIpc) is 2.62. The van der Waals surface area contributed by atoms with E-state index in [0.29, 0.717) is 11.2 Å². The van der Waals surface area contributed by atoms with Gasteiger partial charge in [-0.3, -0.25) is 9.71 Å². The maximum absolute atomic E-state index is 12.7. The molecule has 0 aliphatic heterocycles. The third-order valence-electron chi connectivity index (χ3n) is 4.71. The van der Waals surface area contributed by atoms with Gasteiger partial charge in [0.1, 0.15) is 0 Å². The number of pyridine rings is 1. The van der Waals surface area contributed by atoms with Crippen LogP contribution >= 0.6 is 0 Å². The minimum atomic E-state index is -3.66. The van der Waals surface area contributed by atoms with Crippen molar-refractivity contribution in [2.45, 2.75) is 37.5 Å². The van der Waals surface area contributed by atoms with Gasteiger partial charge in [-0.05, 0) is 41.7 Å². The Bertz CT molecular complexity index is 988. The Hall–Kier alpha value is -2.40. The molecule has 1 heterocycles. The molecule has 0 unspecified atom stereocenters. The lowest BCUT2D eigenvalue weighted by Crippen LogP contribution is -2.17. The van der Waals surface area contributed by atoms with Gasteiger partial charge in [-0.15, -0.1) is 0 Å². The van der Waals surface area contributed by atoms with Crippen molar-refractivity contribution in [1.29, 1.82) is 0 Å². The summed E-state index contributed by atoms with van der Waals surface area (Å²) >= 11 is 0. The van der Waals surface area contributed by atoms with Crippen LogP contribution < -0.4 is 4.72 Å². The highest BCUT2D eigenvalue weighted by atomic mass is 32.2. The van der Waals surface area contributed by atoms with E-state index in [4.69, 9.17) is 0 Å². The molecule has 130 valence electrons. The Kier molecular flexibility index (Phi) is 4.52. The average molecular weight is 354 g/mol. The number of rotatable bonds is 5. The van der Waals surface area contributed by atoms with Crippen LogP contribution in [0.2, 0.25) is 0 Å². The second-order valence-corrected chi connectivity index (χ2v) is 8.43. The summed E-state index contributed by atoms with van der Waals surface area (Å²) in [5.41, 5.74) is 2.27. The van der Waals surface area contributed by atoms with E-state index in [1.807, 2.05) is 36.4 Å². The number of sulfonamides is 1. The first-order chi connectivity index (χ1) is 11.8. The van der Waals surface area contributed by atoms with E-state index in [-0.39, 0.29) is 10.3 Å². The smallest absolute Gasteiger partial charge is 0.261 e. The Balaban J connectivity index is 1.94. The molecule has 0 saturated carbocycles. The molecule has 5 heteroatoms. The first kappa shape index (κ1) is 17.4. The van der Waals surface area contributed by atoms with E-state index in [2.05, 4.69) is 30.5 Å². The highest BCUT2D eigenvalue weighted by Crippen LogP contribution is 2.28. The minimum Gasteiger partial charge on any atom is -0.277 e. The van der Waals surface area contributed by atoms with Gasteiger partial charge in [0, 0.05) is 11.6 Å². The van der Waals surface area contributed by atoms with E-state index in [1.165, 1.54) is 0 Å². The van der Waals surface area contributed by atoms with Crippen molar-refractivity contribution in [3.63, 3.8) is 0 Å². The van der Waals surface area contributed by atoms with Crippen LogP contribution in [0, 0.1) is 0 Å². The fourth-order valence-electron chi connectivity index (χ4n) is 2.68. The van der Waals surface area contributed by atoms with Gasteiger partial charge in [0.2, 0.25) is 0 Å². The Morgan fingerprint density at radius 2 is 1.68 bits per heavy atom. The summed E-state index contributed by atoms with van der Waals surface area (Å²) in [6, 6.07) is 16.3. The summed E-state index contributed by atoms with van der Waals surface area (Å²) in [5, 5.41) is 0.891. The number of aromatic nitrogens is 1. The van der Waals surface area contributed by atoms with Gasteiger partial charge in [0.05, 0.1) is 16.1 Å². The Morgan fingerprint density at radius 3 is 2.36 bits per heavy atom. The van der Waals surface area contributed by atoms with Gasteiger partial charge >= 0.3 is 0 Å². The molecule has 4 nitrogen and oxygen atoms in total. The van der Waals surface area contributed by atoms with Crippen LogP contribution in [0.1, 0.15) is 32.8 Å². The first-order valence-electron chi connectivity index (χ1n) is 8.30. The van der Waals surface area contributed by atoms with Crippen LogP contribution in [-0.4, -0.2) is 13.4 Å². The van der Waals surface area contributed by atoms with E-state index in [1.54, 1.807) is 24.4 Å². The topological polar surface area (TPSA) is 59.1 Å². The molecule has 3 aromatic rings. The largest absolute Gasteiger partial charge is 0.277 e. The lowest BCUT2D eigenvalue weighted by molar-refractivity contribution is 0.506. The highest BCUT2D eigenvalue weighted by molar-refractivity contribution is 7.92. The van der Waals surface area contributed by atoms with Gasteiger partial charge in [0.25, 0.3) is 10.0 Å². The molecule has 25 heavy (non-hydrogen) atoms. The number of fused-ring (bicyclic) bond motifs is 1. The second-order valence-electron chi connectivity index (χ2n) is 6.75. The Morgan fingerprint density at radius 1 is 1.00 bits per heavy atom. The maximum Gasteiger partial charge on any atom is 0.261 e. The van der Waals surface area contributed by atoms with E-state index in [0.717, 1.165) is 17.4 Å². The fraction of sp³-hybridized carbons (Fsp3) is 0.250. The second kappa shape index (κ2) is 6.48. The molecule has 0 aliphatic carbocycles. The van der Waals surface area contributed by atoms with Crippen molar-refractivity contribution in [2.24, 2.45) is 0 Å². The van der Waals surface area contributed by atoms with Crippen molar-refractivity contribution in [3.05, 3.63) is 66.4 Å². The molecule has 0 amide bonds. The number of benzene rings is 2. The molecule has 2 aromatic carbocycles. The van der Waals surface area contributed by atoms with Crippen molar-refractivity contribution >= 4 is 26.6 Å². The van der Waals surface area contributed by atoms with Crippen molar-refractivity contribution in [2.75, 3.05) is 4.72 Å². The molecular weight excluding hydrogens is 332 g/mol. The van der Waals surface area contributed by atoms with Crippen LogP contribution in [0.4, 0.5) is 5.69 Å². The van der Waals surface area contributed by atoms with Crippen LogP contribution in [0.5, 0.6) is 0 Å². The molecule has 3 rings (SSSR count). The molecule has 0 radical (unpaired) electrons. The van der Waals surface area contributed by atoms with Crippen LogP contribution in [0.3, 0.4) is 0 Å². The number of nitrogens with one attached hydrogen (secondary N) is 1. The first-order valence-corrected chi connectivity index (χ1v) is 9.79. The monoisotopic (exact) mass is 354 g/mol. The zero-order chi connectivity index (χ0) is 18.1. The van der Waals surface area contributed by atoms with E-state index < -0.39 is 10.0 Å². The summed E-state index contributed by atoms with van der Waals surface area (Å²) in [4.78, 5) is 4.54. The van der Waals surface area contributed by atoms with E-state index >= 15 is 0 Å². The third kappa shape index (κ3) is 3.51. The number of hydrogen-bond donors (Lipinski definition) is 1. The summed E-state index contributed by atoms with van der Waals surface area (Å²) in [6.45, 7) is 6.42. The molecule has 0 aliphatic rings. The van der Waals surface area contributed by atoms with Gasteiger partial charge in [-0.25, -0.2) is 8.42 Å². The summed E-state index contributed by atoms with van der Waals surface area (Å²) in [6.07, 6.45) is 2.64. The highest BCUT2D eigenvalue weighted by Gasteiger charge is 2.20. The zero-order valence-electron chi connectivity index (χ0n) is 14.7. The Labute approximate surface area is 149 Å². The van der Waals surface area contributed by atoms with Gasteiger partial charge in [0.15, 0.2) is 0 Å². The standard InChI is InChI=1S/C20H22N2O2S/c1-4-20(2,3)16-10-12-17(13-11-16)25(23,24)22-18-9-5-7-15-8-6-14-21-19(15)18/h5-14,22H,4H2,1-3H3. The third-order valence-corrected chi connectivity index (χ3v) is 6.09. The zero-order valence-corrected chi connectivity index (χ0v) is 15.5. The normalized spacial score (nSPS) is 12.3. The van der Waals surface area contributed by atoms with Crippen LogP contribution in [-0.2, 0) is 15.4 Å². The number of hydrogen-bond acceptors (Lipinski definition) is 3. The molecule has 1 N–H and O–H groups in total. The molecule has 0 atom stereocenters. The lowest BCUT2D eigenvalue weighted by atomic mass is 9.82. The van der Waals surface area contributed by atoms with Gasteiger partial charge in [-0.1, -0.05) is 51.1 Å². The van der Waals surface area contributed by atoms with Crippen LogP contribution in [0.15, 0.2) is 65.7 Å². The summed E-state index contributed by atoms with van der Waals surface area (Å²) < 4.78 is 28.1. The number of nitrogens with zero attached hydrogens (tertiary/aromatic N) is 1. The molecule has 0 bridgehead atoms. The molecular formula is C20H22N2O2S. The van der Waals surface area contributed by atoms with Crippen molar-refractivity contribution in [1.82, 2.24) is 4.98 Å². The lowest BCUT2D eigenvalue weighted by Gasteiger charge is -2.23. The number of anilines is 1. The summed E-state index contributed by atoms with van der Waals surface area (Å²) in [7, 11) is -3.66. The quantitative estimate of drug-likeness (QED) is 0.721. The van der Waals surface area contributed by atoms with Gasteiger partial charge < -0.3 is 0 Å². The summed E-state index contributed by atoms with van der Waals surface area (Å²) in [5.74, 6) is 0. The SMILES string of the molecule is CCC(C)(C)c1ccc(S(=O)(=O)Nc2cccc3cccnc23)cc1. The van der Waals surface area contributed by atoms with Gasteiger partial charge in [-0.2, -0.15) is 0 Å². The van der Waals surface area contributed by atoms with E-state index in [9.17, 15) is 8.42 Å².